The van der Waals surface area contributed by atoms with Crippen LogP contribution in [0.2, 0.25) is 0 Å². The Kier molecular flexibility index (Phi) is 7.25. The molecule has 0 spiro atoms. The highest BCUT2D eigenvalue weighted by Crippen LogP contribution is 2.56. The highest BCUT2D eigenvalue weighted by molar-refractivity contribution is 6.12. The molecule has 0 saturated carbocycles. The molecule has 0 bridgehead atoms. The topological polar surface area (TPSA) is 19.6 Å². The van der Waals surface area contributed by atoms with Crippen LogP contribution in [0.3, 0.4) is 0 Å². The maximum Gasteiger partial charge on any atom is 0.159 e. The molecule has 0 N–H and O–H groups in total. The first-order valence-corrected chi connectivity index (χ1v) is 19.9. The normalized spacial score (nSPS) is 14.9. The van der Waals surface area contributed by atoms with Gasteiger partial charge in [0.2, 0.25) is 0 Å². The molecule has 57 heavy (non-hydrogen) atoms. The molecule has 3 nitrogen and oxygen atoms in total. The van der Waals surface area contributed by atoms with Gasteiger partial charge in [-0.3, -0.25) is 0 Å². The minimum Gasteiger partial charge on any atom is -0.454 e. The average Bonchev–Trinajstić information content (AvgIpc) is 3.63. The van der Waals surface area contributed by atoms with E-state index >= 15 is 0 Å². The van der Waals surface area contributed by atoms with E-state index in [0.29, 0.717) is 0 Å². The standard InChI is InChI=1S/C54H42N2O/c1-53(2)42-21-11-13-23-46(42)55(48-29-26-37(32-44(48)53)35-16-7-5-8-17-35)39-28-31-51-41(34-39)40-20-15-25-50(52(40)57-51)56-47-24-14-12-22-43(47)54(3,4)45-33-38(27-30-49(45)56)36-18-9-6-10-19-36/h5-34H,1-4H3. The highest BCUT2D eigenvalue weighted by Gasteiger charge is 2.39. The molecule has 11 rings (SSSR count). The Morgan fingerprint density at radius 2 is 0.842 bits per heavy atom. The lowest BCUT2D eigenvalue weighted by atomic mass is 9.73. The van der Waals surface area contributed by atoms with E-state index in [1.807, 2.05) is 0 Å². The van der Waals surface area contributed by atoms with Gasteiger partial charge in [-0.2, -0.15) is 0 Å². The zero-order valence-corrected chi connectivity index (χ0v) is 32.6. The van der Waals surface area contributed by atoms with E-state index in [1.54, 1.807) is 0 Å². The van der Waals surface area contributed by atoms with Gasteiger partial charge in [-0.15, -0.1) is 0 Å². The minimum atomic E-state index is -0.207. The molecule has 3 heterocycles. The van der Waals surface area contributed by atoms with Crippen LogP contribution in [0.4, 0.5) is 34.1 Å². The summed E-state index contributed by atoms with van der Waals surface area (Å²) in [7, 11) is 0. The molecule has 8 aromatic carbocycles. The summed E-state index contributed by atoms with van der Waals surface area (Å²) in [6, 6.07) is 66.3. The Hall–Kier alpha value is -6.84. The number of rotatable bonds is 4. The molecule has 0 saturated heterocycles. The number of anilines is 6. The van der Waals surface area contributed by atoms with Gasteiger partial charge in [-0.1, -0.05) is 149 Å². The molecule has 0 unspecified atom stereocenters. The van der Waals surface area contributed by atoms with Crippen LogP contribution in [0.25, 0.3) is 44.2 Å². The zero-order chi connectivity index (χ0) is 38.5. The van der Waals surface area contributed by atoms with Gasteiger partial charge in [0.25, 0.3) is 0 Å². The van der Waals surface area contributed by atoms with Crippen molar-refractivity contribution in [3.63, 3.8) is 0 Å². The lowest BCUT2D eigenvalue weighted by Crippen LogP contribution is -2.30. The van der Waals surface area contributed by atoms with Gasteiger partial charge in [-0.25, -0.2) is 0 Å². The third kappa shape index (κ3) is 4.98. The second kappa shape index (κ2) is 12.3. The largest absolute Gasteiger partial charge is 0.454 e. The molecule has 2 aliphatic heterocycles. The molecule has 0 radical (unpaired) electrons. The summed E-state index contributed by atoms with van der Waals surface area (Å²) in [5.74, 6) is 0. The van der Waals surface area contributed by atoms with Crippen LogP contribution < -0.4 is 9.80 Å². The van der Waals surface area contributed by atoms with Crippen LogP contribution in [-0.4, -0.2) is 0 Å². The average molecular weight is 735 g/mol. The van der Waals surface area contributed by atoms with E-state index in [-0.39, 0.29) is 10.8 Å². The first-order chi connectivity index (χ1) is 27.8. The summed E-state index contributed by atoms with van der Waals surface area (Å²) in [6.45, 7) is 9.40. The number of hydrogen-bond donors (Lipinski definition) is 0. The minimum absolute atomic E-state index is 0.188. The maximum atomic E-state index is 6.93. The molecular formula is C54H42N2O. The van der Waals surface area contributed by atoms with Gasteiger partial charge in [0.15, 0.2) is 5.58 Å². The second-order valence-electron chi connectivity index (χ2n) is 16.6. The van der Waals surface area contributed by atoms with Crippen molar-refractivity contribution in [2.75, 3.05) is 9.80 Å². The number of para-hydroxylation sites is 3. The molecule has 2 aliphatic rings. The number of fused-ring (bicyclic) bond motifs is 7. The maximum absolute atomic E-state index is 6.93. The number of hydrogen-bond acceptors (Lipinski definition) is 3. The lowest BCUT2D eigenvalue weighted by Gasteiger charge is -2.42. The second-order valence-corrected chi connectivity index (χ2v) is 16.6. The molecule has 274 valence electrons. The summed E-state index contributed by atoms with van der Waals surface area (Å²) in [5, 5.41) is 2.19. The van der Waals surface area contributed by atoms with Crippen LogP contribution >= 0.6 is 0 Å². The Morgan fingerprint density at radius 1 is 0.351 bits per heavy atom. The predicted molar refractivity (Wildman–Crippen MR) is 238 cm³/mol. The first kappa shape index (κ1) is 33.5. The highest BCUT2D eigenvalue weighted by atomic mass is 16.3. The molecule has 0 atom stereocenters. The van der Waals surface area contributed by atoms with E-state index in [2.05, 4.69) is 219 Å². The summed E-state index contributed by atoms with van der Waals surface area (Å²) in [6.07, 6.45) is 0. The lowest BCUT2D eigenvalue weighted by molar-refractivity contribution is 0.630. The summed E-state index contributed by atoms with van der Waals surface area (Å²) >= 11 is 0. The fourth-order valence-electron chi connectivity index (χ4n) is 9.65. The van der Waals surface area contributed by atoms with Gasteiger partial charge in [0, 0.05) is 27.3 Å². The van der Waals surface area contributed by atoms with Crippen molar-refractivity contribution < 1.29 is 4.42 Å². The van der Waals surface area contributed by atoms with E-state index < -0.39 is 0 Å². The molecule has 9 aromatic rings. The van der Waals surface area contributed by atoms with Gasteiger partial charge in [0.05, 0.1) is 28.4 Å². The summed E-state index contributed by atoms with van der Waals surface area (Å²) < 4.78 is 6.93. The SMILES string of the molecule is CC1(C)c2ccccc2N(c2ccc3oc4c(N5c6ccccc6C(C)(C)c6cc(-c7ccccc7)ccc65)cccc4c3c2)c2ccc(-c3ccccc3)cc21. The van der Waals surface area contributed by atoms with Gasteiger partial charge < -0.3 is 14.2 Å². The summed E-state index contributed by atoms with van der Waals surface area (Å²) in [5.41, 5.74) is 18.3. The van der Waals surface area contributed by atoms with Crippen molar-refractivity contribution >= 4 is 56.1 Å². The number of furan rings is 1. The Labute approximate surface area is 334 Å². The number of benzene rings is 8. The van der Waals surface area contributed by atoms with Crippen molar-refractivity contribution in [3.8, 4) is 22.3 Å². The molecular weight excluding hydrogens is 693 g/mol. The zero-order valence-electron chi connectivity index (χ0n) is 32.6. The van der Waals surface area contributed by atoms with E-state index in [9.17, 15) is 0 Å². The molecule has 3 heteroatoms. The van der Waals surface area contributed by atoms with Crippen LogP contribution in [0, 0.1) is 0 Å². The smallest absolute Gasteiger partial charge is 0.159 e. The van der Waals surface area contributed by atoms with Gasteiger partial charge in [-0.05, 0) is 105 Å². The first-order valence-electron chi connectivity index (χ1n) is 19.9. The molecule has 0 amide bonds. The van der Waals surface area contributed by atoms with E-state index in [0.717, 1.165) is 33.3 Å². The Bertz CT molecular complexity index is 3030. The quantitative estimate of drug-likeness (QED) is 0.179. The molecule has 1 aromatic heterocycles. The van der Waals surface area contributed by atoms with E-state index in [1.165, 1.54) is 67.3 Å². The van der Waals surface area contributed by atoms with Crippen molar-refractivity contribution in [1.29, 1.82) is 0 Å². The van der Waals surface area contributed by atoms with Gasteiger partial charge in [0.1, 0.15) is 5.58 Å². The van der Waals surface area contributed by atoms with Crippen molar-refractivity contribution in [2.24, 2.45) is 0 Å². The summed E-state index contributed by atoms with van der Waals surface area (Å²) in [4.78, 5) is 4.86. The fourth-order valence-corrected chi connectivity index (χ4v) is 9.65. The Morgan fingerprint density at radius 3 is 1.44 bits per heavy atom. The van der Waals surface area contributed by atoms with Crippen LogP contribution in [0.5, 0.6) is 0 Å². The van der Waals surface area contributed by atoms with Crippen molar-refractivity contribution in [1.82, 2.24) is 0 Å². The molecule has 0 fully saturated rings. The number of nitrogens with zero attached hydrogens (tertiary/aromatic N) is 2. The monoisotopic (exact) mass is 734 g/mol. The third-order valence-electron chi connectivity index (χ3n) is 12.6. The molecule has 0 aliphatic carbocycles. The van der Waals surface area contributed by atoms with Gasteiger partial charge >= 0.3 is 0 Å². The predicted octanol–water partition coefficient (Wildman–Crippen LogP) is 15.1. The van der Waals surface area contributed by atoms with Crippen molar-refractivity contribution in [3.05, 3.63) is 204 Å². The van der Waals surface area contributed by atoms with Crippen LogP contribution in [0.1, 0.15) is 49.9 Å². The Balaban J connectivity index is 1.09. The van der Waals surface area contributed by atoms with Crippen LogP contribution in [0.15, 0.2) is 186 Å². The third-order valence-corrected chi connectivity index (χ3v) is 12.6. The van der Waals surface area contributed by atoms with E-state index in [4.69, 9.17) is 4.42 Å². The van der Waals surface area contributed by atoms with Crippen molar-refractivity contribution in [2.45, 2.75) is 38.5 Å². The fraction of sp³-hybridized carbons (Fsp3) is 0.111. The van der Waals surface area contributed by atoms with Crippen LogP contribution in [-0.2, 0) is 10.8 Å².